The summed E-state index contributed by atoms with van der Waals surface area (Å²) in [5, 5.41) is 17.5. The molecule has 0 aromatic carbocycles. The lowest BCUT2D eigenvalue weighted by atomic mass is 10.2. The zero-order chi connectivity index (χ0) is 16.8. The van der Waals surface area contributed by atoms with Gasteiger partial charge in [0.2, 0.25) is 5.95 Å². The number of fused-ring (bicyclic) bond motifs is 1. The molecule has 0 radical (unpaired) electrons. The summed E-state index contributed by atoms with van der Waals surface area (Å²) in [4.78, 5) is 35.5. The summed E-state index contributed by atoms with van der Waals surface area (Å²) in [6.07, 6.45) is -1.53. The standard InChI is InChI=1S/C10H13N6O6P/c11-10-12-7-6(8(18)13-10)14-15-16(7)9-5(17)3-4(22-9)1-2-23(19,20)21/h1-2,4-5,9,17H,3H2,(H2,19,20,21)(H3,11,12,13,18). The number of anilines is 1. The molecule has 1 fully saturated rings. The van der Waals surface area contributed by atoms with Crippen LogP contribution in [0.1, 0.15) is 12.6 Å². The number of H-pyrrole nitrogens is 1. The Bertz CT molecular complexity index is 870. The van der Waals surface area contributed by atoms with Gasteiger partial charge in [0.1, 0.15) is 6.10 Å². The van der Waals surface area contributed by atoms with E-state index in [4.69, 9.17) is 20.3 Å². The second-order valence-corrected chi connectivity index (χ2v) is 6.43. The highest BCUT2D eigenvalue weighted by Gasteiger charge is 2.36. The number of nitrogen functional groups attached to an aromatic ring is 1. The first-order valence-electron chi connectivity index (χ1n) is 6.43. The highest BCUT2D eigenvalue weighted by Crippen LogP contribution is 2.38. The van der Waals surface area contributed by atoms with E-state index in [1.54, 1.807) is 0 Å². The number of hydrogen-bond acceptors (Lipinski definition) is 8. The number of hydrogen-bond donors (Lipinski definition) is 5. The minimum atomic E-state index is -4.32. The Morgan fingerprint density at radius 1 is 1.48 bits per heavy atom. The van der Waals surface area contributed by atoms with Crippen molar-refractivity contribution in [1.82, 2.24) is 25.0 Å². The van der Waals surface area contributed by atoms with Crippen LogP contribution in [0.3, 0.4) is 0 Å². The van der Waals surface area contributed by atoms with Gasteiger partial charge in [0.25, 0.3) is 5.56 Å². The zero-order valence-corrected chi connectivity index (χ0v) is 12.4. The monoisotopic (exact) mass is 344 g/mol. The number of aliphatic hydroxyl groups is 1. The second kappa shape index (κ2) is 5.51. The van der Waals surface area contributed by atoms with Crippen molar-refractivity contribution < 1.29 is 24.2 Å². The average molecular weight is 344 g/mol. The lowest BCUT2D eigenvalue weighted by Crippen LogP contribution is -2.22. The van der Waals surface area contributed by atoms with Crippen LogP contribution < -0.4 is 11.3 Å². The molecule has 3 rings (SSSR count). The Morgan fingerprint density at radius 3 is 2.91 bits per heavy atom. The summed E-state index contributed by atoms with van der Waals surface area (Å²) < 4.78 is 17.4. The van der Waals surface area contributed by atoms with Crippen LogP contribution in [-0.4, -0.2) is 52.1 Å². The molecule has 3 unspecified atom stereocenters. The van der Waals surface area contributed by atoms with E-state index >= 15 is 0 Å². The summed E-state index contributed by atoms with van der Waals surface area (Å²) >= 11 is 0. The van der Waals surface area contributed by atoms with Crippen molar-refractivity contribution in [1.29, 1.82) is 0 Å². The van der Waals surface area contributed by atoms with E-state index in [0.717, 1.165) is 10.8 Å². The second-order valence-electron chi connectivity index (χ2n) is 4.96. The van der Waals surface area contributed by atoms with Gasteiger partial charge in [-0.1, -0.05) is 5.21 Å². The topological polar surface area (TPSA) is 189 Å². The maximum atomic E-state index is 11.7. The van der Waals surface area contributed by atoms with Gasteiger partial charge in [0.15, 0.2) is 17.4 Å². The zero-order valence-electron chi connectivity index (χ0n) is 11.5. The van der Waals surface area contributed by atoms with E-state index in [-0.39, 0.29) is 23.5 Å². The van der Waals surface area contributed by atoms with Gasteiger partial charge in [-0.05, 0) is 6.08 Å². The summed E-state index contributed by atoms with van der Waals surface area (Å²) in [7, 11) is -4.32. The maximum absolute atomic E-state index is 11.7. The first-order chi connectivity index (χ1) is 10.7. The van der Waals surface area contributed by atoms with Crippen LogP contribution in [0.4, 0.5) is 5.95 Å². The summed E-state index contributed by atoms with van der Waals surface area (Å²) in [5.74, 6) is 0.559. The third-order valence-corrected chi connectivity index (χ3v) is 3.77. The SMILES string of the molecule is Nc1nc2c(nnn2C2OC(C=CP(=O)(O)O)CC2O)c(=O)[nH]1. The number of aliphatic hydroxyl groups excluding tert-OH is 1. The van der Waals surface area contributed by atoms with Crippen LogP contribution in [-0.2, 0) is 9.30 Å². The van der Waals surface area contributed by atoms with Crippen LogP contribution in [0.2, 0.25) is 0 Å². The molecule has 6 N–H and O–H groups in total. The van der Waals surface area contributed by atoms with Crippen molar-refractivity contribution in [2.24, 2.45) is 0 Å². The summed E-state index contributed by atoms with van der Waals surface area (Å²) in [6, 6.07) is 0. The fourth-order valence-electron chi connectivity index (χ4n) is 2.26. The molecule has 3 heterocycles. The molecule has 1 aliphatic rings. The van der Waals surface area contributed by atoms with Gasteiger partial charge in [0, 0.05) is 12.2 Å². The molecule has 1 aliphatic heterocycles. The van der Waals surface area contributed by atoms with Gasteiger partial charge in [-0.2, -0.15) is 9.67 Å². The molecule has 0 bridgehead atoms. The van der Waals surface area contributed by atoms with Crippen LogP contribution in [0.25, 0.3) is 11.2 Å². The molecule has 0 saturated carbocycles. The molecule has 0 aliphatic carbocycles. The minimum Gasteiger partial charge on any atom is -0.388 e. The first-order valence-corrected chi connectivity index (χ1v) is 8.11. The molecule has 2 aromatic heterocycles. The predicted molar refractivity (Wildman–Crippen MR) is 76.1 cm³/mol. The van der Waals surface area contributed by atoms with E-state index in [1.807, 2.05) is 0 Å². The number of aromatic amines is 1. The molecular weight excluding hydrogens is 331 g/mol. The number of nitrogens with one attached hydrogen (secondary N) is 1. The number of aromatic nitrogens is 5. The van der Waals surface area contributed by atoms with Crippen molar-refractivity contribution in [2.45, 2.75) is 24.9 Å². The van der Waals surface area contributed by atoms with Gasteiger partial charge >= 0.3 is 7.60 Å². The first kappa shape index (κ1) is 15.8. The number of ether oxygens (including phenoxy) is 1. The van der Waals surface area contributed by atoms with Gasteiger partial charge in [-0.3, -0.25) is 14.3 Å². The van der Waals surface area contributed by atoms with Crippen LogP contribution in [0.5, 0.6) is 0 Å². The molecule has 0 amide bonds. The lowest BCUT2D eigenvalue weighted by molar-refractivity contribution is -0.0313. The Balaban J connectivity index is 1.92. The van der Waals surface area contributed by atoms with E-state index < -0.39 is 31.6 Å². The fourth-order valence-corrected chi connectivity index (χ4v) is 2.68. The third-order valence-electron chi connectivity index (χ3n) is 3.21. The summed E-state index contributed by atoms with van der Waals surface area (Å²) in [6.45, 7) is 0. The predicted octanol–water partition coefficient (Wildman–Crippen LogP) is -1.56. The fraction of sp³-hybridized carbons (Fsp3) is 0.400. The number of nitrogens with zero attached hydrogens (tertiary/aromatic N) is 4. The lowest BCUT2D eigenvalue weighted by Gasteiger charge is -2.14. The van der Waals surface area contributed by atoms with Crippen LogP contribution in [0.15, 0.2) is 16.7 Å². The number of rotatable bonds is 3. The maximum Gasteiger partial charge on any atom is 0.348 e. The van der Waals surface area contributed by atoms with E-state index in [9.17, 15) is 14.5 Å². The number of nitrogens with two attached hydrogens (primary N) is 1. The van der Waals surface area contributed by atoms with Gasteiger partial charge in [-0.25, -0.2) is 0 Å². The summed E-state index contributed by atoms with van der Waals surface area (Å²) in [5.41, 5.74) is 4.86. The molecule has 1 saturated heterocycles. The Hall–Kier alpha value is -2.11. The van der Waals surface area contributed by atoms with E-state index in [0.29, 0.717) is 5.82 Å². The average Bonchev–Trinajstić information content (AvgIpc) is 2.99. The highest BCUT2D eigenvalue weighted by atomic mass is 31.2. The van der Waals surface area contributed by atoms with E-state index in [2.05, 4.69) is 20.3 Å². The van der Waals surface area contributed by atoms with Crippen LogP contribution in [0, 0.1) is 0 Å². The normalized spacial score (nSPS) is 25.6. The third kappa shape index (κ3) is 3.16. The molecule has 2 aromatic rings. The van der Waals surface area contributed by atoms with Crippen LogP contribution >= 0.6 is 7.60 Å². The van der Waals surface area contributed by atoms with Crippen molar-refractivity contribution in [3.63, 3.8) is 0 Å². The van der Waals surface area contributed by atoms with Gasteiger partial charge < -0.3 is 25.4 Å². The quantitative estimate of drug-likeness (QED) is 0.407. The Labute approximate surface area is 127 Å². The molecule has 23 heavy (non-hydrogen) atoms. The smallest absolute Gasteiger partial charge is 0.348 e. The Kier molecular flexibility index (Phi) is 3.78. The van der Waals surface area contributed by atoms with Crippen molar-refractivity contribution in [2.75, 3.05) is 5.73 Å². The van der Waals surface area contributed by atoms with Gasteiger partial charge in [-0.15, -0.1) is 5.10 Å². The van der Waals surface area contributed by atoms with Crippen molar-refractivity contribution in [3.8, 4) is 0 Å². The molecule has 3 atom stereocenters. The van der Waals surface area contributed by atoms with Crippen molar-refractivity contribution >= 4 is 24.7 Å². The Morgan fingerprint density at radius 2 is 2.22 bits per heavy atom. The van der Waals surface area contributed by atoms with E-state index in [1.165, 1.54) is 0 Å². The molecular formula is C10H13N6O6P. The molecule has 124 valence electrons. The van der Waals surface area contributed by atoms with Crippen molar-refractivity contribution in [3.05, 3.63) is 22.2 Å². The highest BCUT2D eigenvalue weighted by molar-refractivity contribution is 7.55. The molecule has 13 heteroatoms. The molecule has 0 spiro atoms. The minimum absolute atomic E-state index is 0.0370. The largest absolute Gasteiger partial charge is 0.388 e. The van der Waals surface area contributed by atoms with Gasteiger partial charge in [0.05, 0.1) is 6.10 Å². The molecule has 12 nitrogen and oxygen atoms in total.